The van der Waals surface area contributed by atoms with Crippen molar-refractivity contribution in [2.24, 2.45) is 0 Å². The van der Waals surface area contributed by atoms with E-state index in [1.807, 2.05) is 7.05 Å². The van der Waals surface area contributed by atoms with Gasteiger partial charge in [-0.25, -0.2) is 5.01 Å². The average Bonchev–Trinajstić information content (AvgIpc) is 2.45. The standard InChI is InChI=1S/C6H12N2S/c1-7-8-3-6-2-5(8)4-9-6/h5-7H,2-4H2,1H3/t5-,6-/m1/s1. The van der Waals surface area contributed by atoms with Crippen molar-refractivity contribution < 1.29 is 0 Å². The second-order valence-electron chi connectivity index (χ2n) is 2.72. The van der Waals surface area contributed by atoms with Gasteiger partial charge >= 0.3 is 0 Å². The molecule has 0 saturated carbocycles. The number of nitrogens with one attached hydrogen (secondary N) is 1. The molecule has 2 atom stereocenters. The maximum atomic E-state index is 3.22. The van der Waals surface area contributed by atoms with Gasteiger partial charge in [-0.1, -0.05) is 0 Å². The van der Waals surface area contributed by atoms with Crippen molar-refractivity contribution in [2.45, 2.75) is 17.7 Å². The van der Waals surface area contributed by atoms with E-state index in [0.717, 1.165) is 11.3 Å². The van der Waals surface area contributed by atoms with Crippen LogP contribution in [0.15, 0.2) is 0 Å². The van der Waals surface area contributed by atoms with Gasteiger partial charge in [0.1, 0.15) is 0 Å². The summed E-state index contributed by atoms with van der Waals surface area (Å²) in [6.45, 7) is 1.26. The van der Waals surface area contributed by atoms with Gasteiger partial charge in [0.2, 0.25) is 0 Å². The first-order chi connectivity index (χ1) is 4.40. The monoisotopic (exact) mass is 144 g/mol. The minimum absolute atomic E-state index is 0.838. The number of hydrogen-bond donors (Lipinski definition) is 1. The van der Waals surface area contributed by atoms with Crippen LogP contribution in [0.1, 0.15) is 6.42 Å². The normalized spacial score (nSPS) is 42.3. The third kappa shape index (κ3) is 0.876. The lowest BCUT2D eigenvalue weighted by Crippen LogP contribution is -2.42. The fourth-order valence-electron chi connectivity index (χ4n) is 1.67. The van der Waals surface area contributed by atoms with Crippen molar-refractivity contribution in [3.05, 3.63) is 0 Å². The molecule has 0 unspecified atom stereocenters. The molecule has 2 bridgehead atoms. The van der Waals surface area contributed by atoms with Crippen LogP contribution in [-0.2, 0) is 0 Å². The van der Waals surface area contributed by atoms with E-state index in [-0.39, 0.29) is 0 Å². The van der Waals surface area contributed by atoms with Crippen molar-refractivity contribution in [2.75, 3.05) is 19.3 Å². The van der Waals surface area contributed by atoms with Crippen molar-refractivity contribution in [3.8, 4) is 0 Å². The lowest BCUT2D eigenvalue weighted by Gasteiger charge is -2.24. The number of nitrogens with zero attached hydrogens (tertiary/aromatic N) is 1. The Kier molecular flexibility index (Phi) is 1.43. The summed E-state index contributed by atoms with van der Waals surface area (Å²) in [5.41, 5.74) is 3.22. The van der Waals surface area contributed by atoms with Gasteiger partial charge in [0.05, 0.1) is 0 Å². The van der Waals surface area contributed by atoms with Gasteiger partial charge in [-0.05, 0) is 13.5 Å². The molecule has 52 valence electrons. The van der Waals surface area contributed by atoms with Crippen LogP contribution in [0.25, 0.3) is 0 Å². The summed E-state index contributed by atoms with van der Waals surface area (Å²) in [6, 6.07) is 0.838. The maximum Gasteiger partial charge on any atom is 0.0345 e. The molecule has 3 heteroatoms. The smallest absolute Gasteiger partial charge is 0.0345 e. The first kappa shape index (κ1) is 6.01. The van der Waals surface area contributed by atoms with Crippen molar-refractivity contribution in [3.63, 3.8) is 0 Å². The van der Waals surface area contributed by atoms with Crippen LogP contribution < -0.4 is 5.43 Å². The molecular weight excluding hydrogens is 132 g/mol. The van der Waals surface area contributed by atoms with E-state index >= 15 is 0 Å². The van der Waals surface area contributed by atoms with Crippen LogP contribution in [0.5, 0.6) is 0 Å². The first-order valence-corrected chi connectivity index (χ1v) is 4.50. The van der Waals surface area contributed by atoms with Gasteiger partial charge in [-0.2, -0.15) is 11.8 Å². The maximum absolute atomic E-state index is 3.22. The van der Waals surface area contributed by atoms with Crippen LogP contribution in [0.2, 0.25) is 0 Å². The second-order valence-corrected chi connectivity index (χ2v) is 4.05. The predicted octanol–water partition coefficient (Wildman–Crippen LogP) is 0.310. The van der Waals surface area contributed by atoms with Gasteiger partial charge < -0.3 is 0 Å². The summed E-state index contributed by atoms with van der Waals surface area (Å²) in [6.07, 6.45) is 1.41. The third-order valence-electron chi connectivity index (χ3n) is 2.19. The van der Waals surface area contributed by atoms with Gasteiger partial charge in [-0.15, -0.1) is 0 Å². The summed E-state index contributed by atoms with van der Waals surface area (Å²) in [4.78, 5) is 0. The Balaban J connectivity index is 2.01. The molecule has 2 fully saturated rings. The Morgan fingerprint density at radius 2 is 2.56 bits per heavy atom. The highest BCUT2D eigenvalue weighted by Crippen LogP contribution is 2.35. The zero-order valence-corrected chi connectivity index (χ0v) is 6.45. The molecule has 0 amide bonds. The Morgan fingerprint density at radius 1 is 1.67 bits per heavy atom. The average molecular weight is 144 g/mol. The van der Waals surface area contributed by atoms with E-state index in [0.29, 0.717) is 0 Å². The van der Waals surface area contributed by atoms with E-state index in [4.69, 9.17) is 0 Å². The molecule has 2 aliphatic heterocycles. The Labute approximate surface area is 60.0 Å². The summed E-state index contributed by atoms with van der Waals surface area (Å²) in [7, 11) is 2.02. The number of thioether (sulfide) groups is 1. The molecular formula is C6H12N2S. The summed E-state index contributed by atoms with van der Waals surface area (Å²) >= 11 is 2.13. The van der Waals surface area contributed by atoms with Gasteiger partial charge in [0, 0.05) is 23.6 Å². The summed E-state index contributed by atoms with van der Waals surface area (Å²) in [5.74, 6) is 1.34. The molecule has 0 aromatic heterocycles. The Morgan fingerprint density at radius 3 is 2.89 bits per heavy atom. The van der Waals surface area contributed by atoms with Crippen LogP contribution in [0.4, 0.5) is 0 Å². The fourth-order valence-corrected chi connectivity index (χ4v) is 3.11. The molecule has 2 saturated heterocycles. The highest BCUT2D eigenvalue weighted by molar-refractivity contribution is 8.00. The molecule has 0 spiro atoms. The van der Waals surface area contributed by atoms with E-state index in [1.165, 1.54) is 18.7 Å². The molecule has 0 aliphatic carbocycles. The lowest BCUT2D eigenvalue weighted by atomic mass is 10.3. The summed E-state index contributed by atoms with van der Waals surface area (Å²) in [5, 5.41) is 3.30. The zero-order valence-electron chi connectivity index (χ0n) is 5.63. The summed E-state index contributed by atoms with van der Waals surface area (Å²) < 4.78 is 0. The molecule has 0 aromatic rings. The first-order valence-electron chi connectivity index (χ1n) is 3.46. The van der Waals surface area contributed by atoms with Crippen LogP contribution in [0.3, 0.4) is 0 Å². The minimum atomic E-state index is 0.838. The molecule has 2 heterocycles. The number of fused-ring (bicyclic) bond motifs is 2. The number of hydrazine groups is 1. The van der Waals surface area contributed by atoms with Crippen molar-refractivity contribution in [1.82, 2.24) is 10.4 Å². The SMILES string of the molecule is CNN1C[C@H]2C[C@@H]1CS2. The third-order valence-corrected chi connectivity index (χ3v) is 3.58. The van der Waals surface area contributed by atoms with E-state index in [1.54, 1.807) is 0 Å². The predicted molar refractivity (Wildman–Crippen MR) is 40.4 cm³/mol. The molecule has 0 aromatic carbocycles. The van der Waals surface area contributed by atoms with Gasteiger partial charge in [-0.3, -0.25) is 5.43 Å². The van der Waals surface area contributed by atoms with E-state index in [9.17, 15) is 0 Å². The Hall–Kier alpha value is 0.270. The van der Waals surface area contributed by atoms with E-state index < -0.39 is 0 Å². The minimum Gasteiger partial charge on any atom is -0.258 e. The van der Waals surface area contributed by atoms with Crippen molar-refractivity contribution in [1.29, 1.82) is 0 Å². The van der Waals surface area contributed by atoms with E-state index in [2.05, 4.69) is 22.2 Å². The second kappa shape index (κ2) is 2.15. The molecule has 2 rings (SSSR count). The largest absolute Gasteiger partial charge is 0.258 e. The Bertz CT molecular complexity index is 118. The van der Waals surface area contributed by atoms with Crippen LogP contribution >= 0.6 is 11.8 Å². The number of hydrogen-bond acceptors (Lipinski definition) is 3. The lowest BCUT2D eigenvalue weighted by molar-refractivity contribution is 0.202. The highest BCUT2D eigenvalue weighted by Gasteiger charge is 2.37. The van der Waals surface area contributed by atoms with Crippen molar-refractivity contribution >= 4 is 11.8 Å². The quantitative estimate of drug-likeness (QED) is 0.570. The van der Waals surface area contributed by atoms with Crippen LogP contribution in [-0.4, -0.2) is 35.6 Å². The van der Waals surface area contributed by atoms with Gasteiger partial charge in [0.15, 0.2) is 0 Å². The molecule has 9 heavy (non-hydrogen) atoms. The molecule has 2 nitrogen and oxygen atoms in total. The number of rotatable bonds is 1. The fraction of sp³-hybridized carbons (Fsp3) is 1.00. The molecule has 1 N–H and O–H groups in total. The topological polar surface area (TPSA) is 15.3 Å². The highest BCUT2D eigenvalue weighted by atomic mass is 32.2. The van der Waals surface area contributed by atoms with Gasteiger partial charge in [0.25, 0.3) is 0 Å². The molecule has 2 aliphatic rings. The van der Waals surface area contributed by atoms with Crippen LogP contribution in [0, 0.1) is 0 Å². The molecule has 0 radical (unpaired) electrons. The zero-order chi connectivity index (χ0) is 6.27.